The van der Waals surface area contributed by atoms with Crippen molar-refractivity contribution in [2.24, 2.45) is 11.8 Å². The fourth-order valence-corrected chi connectivity index (χ4v) is 2.48. The summed E-state index contributed by atoms with van der Waals surface area (Å²) in [6.07, 6.45) is 0. The molecule has 1 heterocycles. The molecule has 1 N–H and O–H groups in total. The van der Waals surface area contributed by atoms with Crippen LogP contribution in [0.2, 0.25) is 0 Å². The third kappa shape index (κ3) is 4.35. The maximum atomic E-state index is 12.4. The van der Waals surface area contributed by atoms with Crippen molar-refractivity contribution < 1.29 is 9.53 Å². The fourth-order valence-electron chi connectivity index (χ4n) is 2.48. The van der Waals surface area contributed by atoms with Gasteiger partial charge in [0.25, 0.3) is 0 Å². The van der Waals surface area contributed by atoms with E-state index in [1.165, 1.54) is 0 Å². The molecule has 0 aliphatic carbocycles. The van der Waals surface area contributed by atoms with Crippen molar-refractivity contribution in [2.45, 2.75) is 20.4 Å². The van der Waals surface area contributed by atoms with Crippen LogP contribution >= 0.6 is 12.4 Å². The number of carbonyl (C=O) groups excluding carboxylic acids is 1. The van der Waals surface area contributed by atoms with E-state index in [4.69, 9.17) is 4.74 Å². The predicted molar refractivity (Wildman–Crippen MR) is 86.9 cm³/mol. The summed E-state index contributed by atoms with van der Waals surface area (Å²) in [5, 5.41) is 3.22. The van der Waals surface area contributed by atoms with Crippen LogP contribution < -0.4 is 10.1 Å². The van der Waals surface area contributed by atoms with E-state index in [0.29, 0.717) is 19.1 Å². The van der Waals surface area contributed by atoms with Gasteiger partial charge in [0.1, 0.15) is 5.75 Å². The van der Waals surface area contributed by atoms with Gasteiger partial charge in [-0.25, -0.2) is 0 Å². The van der Waals surface area contributed by atoms with Crippen LogP contribution in [0, 0.1) is 11.8 Å². The number of rotatable bonds is 6. The first-order chi connectivity index (χ1) is 9.63. The summed E-state index contributed by atoms with van der Waals surface area (Å²) in [6.45, 7) is 7.14. The molecule has 1 amide bonds. The predicted octanol–water partition coefficient (Wildman–Crippen LogP) is 2.32. The van der Waals surface area contributed by atoms with Crippen LogP contribution in [0.4, 0.5) is 0 Å². The molecule has 1 aliphatic heterocycles. The van der Waals surface area contributed by atoms with Gasteiger partial charge in [0, 0.05) is 25.1 Å². The molecule has 1 aliphatic rings. The molecular weight excluding hydrogens is 288 g/mol. The Labute approximate surface area is 133 Å². The molecule has 4 nitrogen and oxygen atoms in total. The molecule has 21 heavy (non-hydrogen) atoms. The average Bonchev–Trinajstić information content (AvgIpc) is 2.38. The van der Waals surface area contributed by atoms with E-state index in [2.05, 4.69) is 5.32 Å². The van der Waals surface area contributed by atoms with Crippen molar-refractivity contribution in [1.82, 2.24) is 10.2 Å². The van der Waals surface area contributed by atoms with Gasteiger partial charge < -0.3 is 15.0 Å². The number of amides is 1. The lowest BCUT2D eigenvalue weighted by Crippen LogP contribution is -2.49. The largest absolute Gasteiger partial charge is 0.494 e. The molecule has 0 aromatic heterocycles. The van der Waals surface area contributed by atoms with E-state index in [1.54, 1.807) is 4.90 Å². The molecule has 1 saturated heterocycles. The third-order valence-electron chi connectivity index (χ3n) is 3.97. The number of hydrogen-bond donors (Lipinski definition) is 1. The second kappa shape index (κ2) is 8.25. The van der Waals surface area contributed by atoms with E-state index in [0.717, 1.165) is 24.4 Å². The van der Waals surface area contributed by atoms with Gasteiger partial charge in [0.2, 0.25) is 5.91 Å². The summed E-state index contributed by atoms with van der Waals surface area (Å²) in [4.78, 5) is 14.2. The van der Waals surface area contributed by atoms with Crippen molar-refractivity contribution >= 4 is 18.3 Å². The minimum Gasteiger partial charge on any atom is -0.494 e. The molecule has 0 radical (unpaired) electrons. The van der Waals surface area contributed by atoms with Gasteiger partial charge in [-0.3, -0.25) is 4.79 Å². The first-order valence-corrected chi connectivity index (χ1v) is 7.29. The highest BCUT2D eigenvalue weighted by Crippen LogP contribution is 2.22. The molecule has 5 heteroatoms. The van der Waals surface area contributed by atoms with Crippen molar-refractivity contribution in [3.05, 3.63) is 29.8 Å². The van der Waals surface area contributed by atoms with E-state index in [9.17, 15) is 4.79 Å². The van der Waals surface area contributed by atoms with Gasteiger partial charge in [-0.15, -0.1) is 12.4 Å². The summed E-state index contributed by atoms with van der Waals surface area (Å²) in [5.74, 6) is 1.64. The van der Waals surface area contributed by atoms with Crippen molar-refractivity contribution in [3.8, 4) is 5.75 Å². The minimum absolute atomic E-state index is 0. The number of nitrogens with zero attached hydrogens (tertiary/aromatic N) is 1. The highest BCUT2D eigenvalue weighted by molar-refractivity contribution is 5.85. The second-order valence-electron chi connectivity index (χ2n) is 5.44. The zero-order valence-corrected chi connectivity index (χ0v) is 13.8. The van der Waals surface area contributed by atoms with Gasteiger partial charge in [-0.05, 0) is 32.0 Å². The van der Waals surface area contributed by atoms with E-state index in [-0.39, 0.29) is 24.2 Å². The lowest BCUT2D eigenvalue weighted by atomic mass is 9.88. The van der Waals surface area contributed by atoms with Crippen LogP contribution in [0.25, 0.3) is 0 Å². The normalized spacial score (nSPS) is 15.6. The van der Waals surface area contributed by atoms with Crippen LogP contribution in [-0.4, -0.2) is 37.6 Å². The third-order valence-corrected chi connectivity index (χ3v) is 3.97. The summed E-state index contributed by atoms with van der Waals surface area (Å²) >= 11 is 0. The lowest BCUT2D eigenvalue weighted by molar-refractivity contribution is -0.136. The topological polar surface area (TPSA) is 41.6 Å². The lowest BCUT2D eigenvalue weighted by Gasteiger charge is -2.34. The highest BCUT2D eigenvalue weighted by Gasteiger charge is 2.30. The van der Waals surface area contributed by atoms with Crippen LogP contribution in [0.1, 0.15) is 19.4 Å². The second-order valence-corrected chi connectivity index (χ2v) is 5.44. The Kier molecular flexibility index (Phi) is 6.99. The van der Waals surface area contributed by atoms with Crippen LogP contribution in [0.3, 0.4) is 0 Å². The zero-order chi connectivity index (χ0) is 14.5. The molecule has 0 bridgehead atoms. The van der Waals surface area contributed by atoms with Crippen LogP contribution in [0.5, 0.6) is 5.75 Å². The molecule has 1 aromatic carbocycles. The van der Waals surface area contributed by atoms with Crippen molar-refractivity contribution in [1.29, 1.82) is 0 Å². The van der Waals surface area contributed by atoms with E-state index >= 15 is 0 Å². The number of hydrogen-bond acceptors (Lipinski definition) is 3. The summed E-state index contributed by atoms with van der Waals surface area (Å²) < 4.78 is 5.61. The SMILES string of the molecule is CCOc1ccccc1CN(C)C(=O)C(C)C1CNC1.Cl. The summed E-state index contributed by atoms with van der Waals surface area (Å²) in [5.41, 5.74) is 1.06. The quantitative estimate of drug-likeness (QED) is 0.876. The van der Waals surface area contributed by atoms with Crippen molar-refractivity contribution in [3.63, 3.8) is 0 Å². The Bertz CT molecular complexity index is 463. The fraction of sp³-hybridized carbons (Fsp3) is 0.562. The maximum absolute atomic E-state index is 12.4. The maximum Gasteiger partial charge on any atom is 0.225 e. The van der Waals surface area contributed by atoms with Gasteiger partial charge in [-0.2, -0.15) is 0 Å². The molecule has 1 aromatic rings. The zero-order valence-electron chi connectivity index (χ0n) is 13.0. The van der Waals surface area contributed by atoms with Gasteiger partial charge in [0.15, 0.2) is 0 Å². The smallest absolute Gasteiger partial charge is 0.225 e. The first kappa shape index (κ1) is 17.8. The number of carbonyl (C=O) groups is 1. The first-order valence-electron chi connectivity index (χ1n) is 7.29. The van der Waals surface area contributed by atoms with Crippen LogP contribution in [0.15, 0.2) is 24.3 Å². The Balaban J connectivity index is 0.00000220. The van der Waals surface area contributed by atoms with Gasteiger partial charge in [-0.1, -0.05) is 25.1 Å². The van der Waals surface area contributed by atoms with E-state index < -0.39 is 0 Å². The Morgan fingerprint density at radius 2 is 2.10 bits per heavy atom. The van der Waals surface area contributed by atoms with Gasteiger partial charge in [0.05, 0.1) is 6.61 Å². The monoisotopic (exact) mass is 312 g/mol. The highest BCUT2D eigenvalue weighted by atomic mass is 35.5. The molecule has 1 fully saturated rings. The Hall–Kier alpha value is -1.26. The van der Waals surface area contributed by atoms with Gasteiger partial charge >= 0.3 is 0 Å². The van der Waals surface area contributed by atoms with Crippen LogP contribution in [-0.2, 0) is 11.3 Å². The number of para-hydroxylation sites is 1. The molecule has 0 spiro atoms. The molecule has 118 valence electrons. The number of benzene rings is 1. The Morgan fingerprint density at radius 1 is 1.43 bits per heavy atom. The van der Waals surface area contributed by atoms with E-state index in [1.807, 2.05) is 45.2 Å². The molecule has 2 rings (SSSR count). The Morgan fingerprint density at radius 3 is 2.67 bits per heavy atom. The molecule has 1 unspecified atom stereocenters. The summed E-state index contributed by atoms with van der Waals surface area (Å²) in [6, 6.07) is 7.91. The van der Waals surface area contributed by atoms with Crippen molar-refractivity contribution in [2.75, 3.05) is 26.7 Å². The molecule has 0 saturated carbocycles. The molecule has 1 atom stereocenters. The standard InChI is InChI=1S/C16H24N2O2.ClH/c1-4-20-15-8-6-5-7-13(15)11-18(3)16(19)12(2)14-9-17-10-14;/h5-8,12,14,17H,4,9-11H2,1-3H3;1H. The number of halogens is 1. The average molecular weight is 313 g/mol. The minimum atomic E-state index is 0. The summed E-state index contributed by atoms with van der Waals surface area (Å²) in [7, 11) is 1.87. The number of ether oxygens (including phenoxy) is 1. The number of nitrogens with one attached hydrogen (secondary N) is 1. The molecular formula is C16H25ClN2O2.